The molecule has 0 unspecified atom stereocenters. The van der Waals surface area contributed by atoms with Crippen LogP contribution in [0.3, 0.4) is 0 Å². The Bertz CT molecular complexity index is 1500. The molecule has 1 amide bonds. The number of anilines is 1. The van der Waals surface area contributed by atoms with Crippen LogP contribution in [0.25, 0.3) is 5.69 Å². The number of nitrogens with zero attached hydrogens (tertiary/aromatic N) is 5. The third-order valence-electron chi connectivity index (χ3n) is 5.51. The summed E-state index contributed by atoms with van der Waals surface area (Å²) in [6.07, 6.45) is 1.70. The fourth-order valence-corrected chi connectivity index (χ4v) is 4.69. The van der Waals surface area contributed by atoms with E-state index in [9.17, 15) is 9.59 Å². The number of thioether (sulfide) groups is 1. The fraction of sp³-hybridized carbons (Fsp3) is 0.200. The number of rotatable bonds is 10. The van der Waals surface area contributed by atoms with Crippen molar-refractivity contribution in [2.24, 2.45) is 7.05 Å². The number of aromatic nitrogens is 5. The van der Waals surface area contributed by atoms with E-state index in [0.29, 0.717) is 44.7 Å². The molecule has 0 radical (unpaired) electrons. The maximum Gasteiger partial charge on any atom is 0.295 e. The molecule has 0 aliphatic carbocycles. The van der Waals surface area contributed by atoms with Crippen LogP contribution in [-0.4, -0.2) is 35.8 Å². The minimum absolute atomic E-state index is 0.0232. The molecule has 0 spiro atoms. The van der Waals surface area contributed by atoms with Crippen molar-refractivity contribution >= 4 is 46.6 Å². The van der Waals surface area contributed by atoms with E-state index in [4.69, 9.17) is 27.9 Å². The summed E-state index contributed by atoms with van der Waals surface area (Å²) in [6.45, 7) is 6.07. The van der Waals surface area contributed by atoms with E-state index >= 15 is 0 Å². The second kappa shape index (κ2) is 11.7. The summed E-state index contributed by atoms with van der Waals surface area (Å²) in [5.74, 6) is 0.640. The zero-order chi connectivity index (χ0) is 26.5. The van der Waals surface area contributed by atoms with Gasteiger partial charge in [-0.25, -0.2) is 4.68 Å². The van der Waals surface area contributed by atoms with Crippen LogP contribution in [0.1, 0.15) is 11.5 Å². The fourth-order valence-electron chi connectivity index (χ4n) is 3.59. The minimum atomic E-state index is -0.340. The molecule has 2 heterocycles. The quantitative estimate of drug-likeness (QED) is 0.220. The highest BCUT2D eigenvalue weighted by Crippen LogP contribution is 2.28. The predicted octanol–water partition coefficient (Wildman–Crippen LogP) is 4.88. The van der Waals surface area contributed by atoms with Crippen molar-refractivity contribution in [1.29, 1.82) is 0 Å². The molecule has 0 saturated heterocycles. The predicted molar refractivity (Wildman–Crippen MR) is 146 cm³/mol. The number of allylic oxidation sites excluding steroid dienone is 1. The number of halogens is 2. The Balaban J connectivity index is 1.45. The first kappa shape index (κ1) is 26.6. The van der Waals surface area contributed by atoms with Crippen molar-refractivity contribution < 1.29 is 9.53 Å². The van der Waals surface area contributed by atoms with Crippen molar-refractivity contribution in [2.75, 3.05) is 11.1 Å². The molecule has 0 aliphatic rings. The number of hydrogen-bond acceptors (Lipinski definition) is 6. The van der Waals surface area contributed by atoms with E-state index in [-0.39, 0.29) is 29.5 Å². The molecule has 0 bridgehead atoms. The second-order valence-electron chi connectivity index (χ2n) is 7.93. The molecular formula is C25H24Cl2N6O3S. The Morgan fingerprint density at radius 2 is 1.95 bits per heavy atom. The molecule has 2 aromatic heterocycles. The lowest BCUT2D eigenvalue weighted by Crippen LogP contribution is -2.23. The van der Waals surface area contributed by atoms with Crippen molar-refractivity contribution in [1.82, 2.24) is 24.1 Å². The van der Waals surface area contributed by atoms with E-state index in [1.807, 2.05) is 30.3 Å². The van der Waals surface area contributed by atoms with E-state index in [1.54, 1.807) is 47.5 Å². The smallest absolute Gasteiger partial charge is 0.295 e. The molecule has 4 rings (SSSR count). The number of hydrogen-bond donors (Lipinski definition) is 1. The Hall–Kier alpha value is -3.47. The second-order valence-corrected chi connectivity index (χ2v) is 9.72. The average Bonchev–Trinajstić information content (AvgIpc) is 3.37. The van der Waals surface area contributed by atoms with Gasteiger partial charge < -0.3 is 10.1 Å². The molecule has 1 N–H and O–H groups in total. The first-order valence-corrected chi connectivity index (χ1v) is 12.9. The van der Waals surface area contributed by atoms with Gasteiger partial charge in [0.15, 0.2) is 11.0 Å². The maximum absolute atomic E-state index is 13.0. The van der Waals surface area contributed by atoms with E-state index in [0.717, 1.165) is 0 Å². The molecule has 2 aromatic carbocycles. The lowest BCUT2D eigenvalue weighted by Gasteiger charge is -2.10. The van der Waals surface area contributed by atoms with Crippen LogP contribution in [0.5, 0.6) is 5.75 Å². The normalized spacial score (nSPS) is 10.9. The van der Waals surface area contributed by atoms with Crippen LogP contribution in [0.4, 0.5) is 5.69 Å². The SMILES string of the molecule is C=CCn1c(COc2cc(Cl)ccc2Cl)nnc1SCC(=O)Nc1c(C)n(C)n(-c2ccccc2)c1=O. The molecule has 12 heteroatoms. The van der Waals surface area contributed by atoms with Gasteiger partial charge in [-0.2, -0.15) is 0 Å². The van der Waals surface area contributed by atoms with Gasteiger partial charge in [-0.3, -0.25) is 18.8 Å². The summed E-state index contributed by atoms with van der Waals surface area (Å²) in [5, 5.41) is 12.6. The van der Waals surface area contributed by atoms with Gasteiger partial charge in [0.25, 0.3) is 5.56 Å². The standard InChI is InChI=1S/C25H24Cl2N6O3S/c1-4-12-32-21(14-36-20-13-17(26)10-11-19(20)27)29-30-25(32)37-15-22(34)28-23-16(2)31(3)33(24(23)35)18-8-6-5-7-9-18/h4-11,13H,1,12,14-15H2,2-3H3,(H,28,34). The zero-order valence-corrected chi connectivity index (χ0v) is 22.5. The molecule has 37 heavy (non-hydrogen) atoms. The summed E-state index contributed by atoms with van der Waals surface area (Å²) in [5.41, 5.74) is 1.27. The van der Waals surface area contributed by atoms with Crippen LogP contribution < -0.4 is 15.6 Å². The molecule has 0 aliphatic heterocycles. The van der Waals surface area contributed by atoms with Gasteiger partial charge >= 0.3 is 0 Å². The highest BCUT2D eigenvalue weighted by Gasteiger charge is 2.19. The number of carbonyl (C=O) groups is 1. The third kappa shape index (κ3) is 5.93. The molecular weight excluding hydrogens is 535 g/mol. The van der Waals surface area contributed by atoms with Crippen LogP contribution in [0, 0.1) is 6.92 Å². The van der Waals surface area contributed by atoms with Gasteiger partial charge in [-0.05, 0) is 31.2 Å². The number of carbonyl (C=O) groups excluding carboxylic acids is 1. The van der Waals surface area contributed by atoms with Gasteiger partial charge in [0, 0.05) is 24.7 Å². The Kier molecular flexibility index (Phi) is 8.42. The van der Waals surface area contributed by atoms with E-state index < -0.39 is 0 Å². The van der Waals surface area contributed by atoms with Crippen molar-refractivity contribution in [3.05, 3.63) is 93.1 Å². The molecule has 0 fully saturated rings. The first-order valence-electron chi connectivity index (χ1n) is 11.2. The first-order chi connectivity index (χ1) is 17.8. The summed E-state index contributed by atoms with van der Waals surface area (Å²) in [6, 6.07) is 14.2. The van der Waals surface area contributed by atoms with Crippen molar-refractivity contribution in [2.45, 2.75) is 25.2 Å². The minimum Gasteiger partial charge on any atom is -0.484 e. The summed E-state index contributed by atoms with van der Waals surface area (Å²) < 4.78 is 10.8. The molecule has 0 saturated carbocycles. The Labute approximate surface area is 227 Å². The lowest BCUT2D eigenvalue weighted by atomic mass is 10.3. The van der Waals surface area contributed by atoms with Gasteiger partial charge in [0.2, 0.25) is 5.91 Å². The molecule has 0 atom stereocenters. The number of amides is 1. The number of para-hydroxylation sites is 1. The monoisotopic (exact) mass is 558 g/mol. The highest BCUT2D eigenvalue weighted by molar-refractivity contribution is 7.99. The highest BCUT2D eigenvalue weighted by atomic mass is 35.5. The Morgan fingerprint density at radius 1 is 1.19 bits per heavy atom. The average molecular weight is 559 g/mol. The van der Waals surface area contributed by atoms with Gasteiger partial charge in [-0.1, -0.05) is 59.2 Å². The van der Waals surface area contributed by atoms with Gasteiger partial charge in [0.1, 0.15) is 18.0 Å². The summed E-state index contributed by atoms with van der Waals surface area (Å²) in [4.78, 5) is 25.8. The van der Waals surface area contributed by atoms with Crippen molar-refractivity contribution in [3.8, 4) is 11.4 Å². The van der Waals surface area contributed by atoms with E-state index in [1.165, 1.54) is 16.4 Å². The van der Waals surface area contributed by atoms with Crippen LogP contribution in [-0.2, 0) is 25.0 Å². The summed E-state index contributed by atoms with van der Waals surface area (Å²) in [7, 11) is 1.77. The number of benzene rings is 2. The maximum atomic E-state index is 13.0. The Morgan fingerprint density at radius 3 is 2.68 bits per heavy atom. The number of ether oxygens (including phenoxy) is 1. The largest absolute Gasteiger partial charge is 0.484 e. The van der Waals surface area contributed by atoms with Crippen LogP contribution in [0.15, 0.2) is 71.1 Å². The molecule has 192 valence electrons. The lowest BCUT2D eigenvalue weighted by molar-refractivity contribution is -0.113. The third-order valence-corrected chi connectivity index (χ3v) is 7.02. The summed E-state index contributed by atoms with van der Waals surface area (Å²) >= 11 is 13.4. The van der Waals surface area contributed by atoms with Crippen LogP contribution in [0.2, 0.25) is 10.0 Å². The van der Waals surface area contributed by atoms with E-state index in [2.05, 4.69) is 22.1 Å². The van der Waals surface area contributed by atoms with Crippen molar-refractivity contribution in [3.63, 3.8) is 0 Å². The topological polar surface area (TPSA) is 96.0 Å². The number of nitrogens with one attached hydrogen (secondary N) is 1. The zero-order valence-electron chi connectivity index (χ0n) is 20.1. The van der Waals surface area contributed by atoms with Gasteiger partial charge in [0.05, 0.1) is 22.2 Å². The van der Waals surface area contributed by atoms with Gasteiger partial charge in [-0.15, -0.1) is 16.8 Å². The van der Waals surface area contributed by atoms with Crippen LogP contribution >= 0.6 is 35.0 Å². The molecule has 4 aromatic rings. The molecule has 9 nitrogen and oxygen atoms in total.